The maximum Gasteiger partial charge on any atom is 0.0748 e. The van der Waals surface area contributed by atoms with Gasteiger partial charge < -0.3 is 5.21 Å². The van der Waals surface area contributed by atoms with Gasteiger partial charge in [-0.2, -0.15) is 0 Å². The summed E-state index contributed by atoms with van der Waals surface area (Å²) in [5.41, 5.74) is 0.905. The Balaban J connectivity index is 3.00. The average molecular weight is 153 g/mol. The lowest BCUT2D eigenvalue weighted by Crippen LogP contribution is -1.77. The van der Waals surface area contributed by atoms with Crippen LogP contribution in [0.15, 0.2) is 23.2 Å². The second-order valence-electron chi connectivity index (χ2n) is 1.69. The summed E-state index contributed by atoms with van der Waals surface area (Å²) >= 11 is 1.57. The van der Waals surface area contributed by atoms with E-state index in [0.717, 1.165) is 10.4 Å². The number of hydrogen-bond acceptors (Lipinski definition) is 3. The first kappa shape index (κ1) is 7.02. The van der Waals surface area contributed by atoms with Crippen molar-refractivity contribution in [2.45, 2.75) is 0 Å². The van der Waals surface area contributed by atoms with E-state index in [0.29, 0.717) is 0 Å². The molecule has 10 heavy (non-hydrogen) atoms. The highest BCUT2D eigenvalue weighted by molar-refractivity contribution is 7.11. The van der Waals surface area contributed by atoms with Gasteiger partial charge >= 0.3 is 0 Å². The lowest BCUT2D eigenvalue weighted by molar-refractivity contribution is 0.322. The van der Waals surface area contributed by atoms with E-state index in [1.165, 1.54) is 6.21 Å². The Bertz CT molecular complexity index is 252. The van der Waals surface area contributed by atoms with Crippen LogP contribution in [-0.4, -0.2) is 11.4 Å². The molecule has 0 unspecified atom stereocenters. The van der Waals surface area contributed by atoms with Gasteiger partial charge in [0.05, 0.1) is 6.21 Å². The van der Waals surface area contributed by atoms with Gasteiger partial charge in [0, 0.05) is 10.4 Å². The van der Waals surface area contributed by atoms with Crippen LogP contribution in [0.1, 0.15) is 10.4 Å². The number of rotatable bonds is 2. The van der Waals surface area contributed by atoms with Crippen molar-refractivity contribution >= 4 is 23.6 Å². The van der Waals surface area contributed by atoms with Gasteiger partial charge in [-0.3, -0.25) is 0 Å². The van der Waals surface area contributed by atoms with Crippen LogP contribution in [0, 0.1) is 0 Å². The zero-order chi connectivity index (χ0) is 7.40. The van der Waals surface area contributed by atoms with E-state index in [-0.39, 0.29) is 0 Å². The van der Waals surface area contributed by atoms with Crippen LogP contribution in [0.25, 0.3) is 6.08 Å². The first-order chi connectivity index (χ1) is 4.88. The molecule has 0 aromatic carbocycles. The summed E-state index contributed by atoms with van der Waals surface area (Å²) in [7, 11) is 0. The second-order valence-corrected chi connectivity index (χ2v) is 2.64. The summed E-state index contributed by atoms with van der Waals surface area (Å²) in [6, 6.07) is 1.88. The molecule has 0 bridgehead atoms. The molecule has 1 N–H and O–H groups in total. The normalized spacial score (nSPS) is 10.4. The Morgan fingerprint density at radius 2 is 2.50 bits per heavy atom. The van der Waals surface area contributed by atoms with Crippen LogP contribution in [0.4, 0.5) is 0 Å². The van der Waals surface area contributed by atoms with Crippen molar-refractivity contribution in [2.24, 2.45) is 5.16 Å². The minimum Gasteiger partial charge on any atom is -0.411 e. The van der Waals surface area contributed by atoms with E-state index >= 15 is 0 Å². The summed E-state index contributed by atoms with van der Waals surface area (Å²) in [6.07, 6.45) is 3.13. The SMILES string of the molecule is C=Cc1sccc1C=NO. The number of nitrogens with zero attached hydrogens (tertiary/aromatic N) is 1. The molecule has 3 heteroatoms. The van der Waals surface area contributed by atoms with E-state index in [1.54, 1.807) is 17.4 Å². The minimum atomic E-state index is 0.905. The molecule has 0 amide bonds. The fourth-order valence-electron chi connectivity index (χ4n) is 0.666. The van der Waals surface area contributed by atoms with Crippen molar-refractivity contribution in [2.75, 3.05) is 0 Å². The molecule has 0 saturated heterocycles. The Labute approximate surface area is 63.1 Å². The van der Waals surface area contributed by atoms with E-state index in [2.05, 4.69) is 11.7 Å². The molecule has 1 aromatic heterocycles. The smallest absolute Gasteiger partial charge is 0.0748 e. The Kier molecular flexibility index (Phi) is 2.23. The minimum absolute atomic E-state index is 0.905. The molecule has 0 fully saturated rings. The Morgan fingerprint density at radius 1 is 1.70 bits per heavy atom. The van der Waals surface area contributed by atoms with E-state index < -0.39 is 0 Å². The molecule has 2 nitrogen and oxygen atoms in total. The maximum absolute atomic E-state index is 8.20. The van der Waals surface area contributed by atoms with Crippen molar-refractivity contribution in [3.8, 4) is 0 Å². The molecule has 0 aliphatic rings. The van der Waals surface area contributed by atoms with Crippen LogP contribution in [-0.2, 0) is 0 Å². The number of oxime groups is 1. The summed E-state index contributed by atoms with van der Waals surface area (Å²) in [5.74, 6) is 0. The van der Waals surface area contributed by atoms with Gasteiger partial charge in [-0.05, 0) is 11.4 Å². The van der Waals surface area contributed by atoms with Crippen LogP contribution in [0.2, 0.25) is 0 Å². The van der Waals surface area contributed by atoms with Crippen molar-refractivity contribution in [3.63, 3.8) is 0 Å². The molecule has 0 atom stereocenters. The third kappa shape index (κ3) is 1.25. The fraction of sp³-hybridized carbons (Fsp3) is 0. The quantitative estimate of drug-likeness (QED) is 0.394. The van der Waals surface area contributed by atoms with Gasteiger partial charge in [0.2, 0.25) is 0 Å². The third-order valence-electron chi connectivity index (χ3n) is 1.11. The fourth-order valence-corrected chi connectivity index (χ4v) is 1.38. The van der Waals surface area contributed by atoms with Gasteiger partial charge in [-0.1, -0.05) is 17.8 Å². The van der Waals surface area contributed by atoms with Gasteiger partial charge in [0.1, 0.15) is 0 Å². The maximum atomic E-state index is 8.20. The molecule has 0 saturated carbocycles. The van der Waals surface area contributed by atoms with Gasteiger partial charge in [-0.15, -0.1) is 11.3 Å². The molecule has 1 rings (SSSR count). The first-order valence-corrected chi connectivity index (χ1v) is 3.64. The van der Waals surface area contributed by atoms with Crippen molar-refractivity contribution in [1.29, 1.82) is 0 Å². The molecular formula is C7H7NOS. The molecule has 0 aliphatic carbocycles. The van der Waals surface area contributed by atoms with Crippen LogP contribution in [0.3, 0.4) is 0 Å². The monoisotopic (exact) mass is 153 g/mol. The van der Waals surface area contributed by atoms with Crippen molar-refractivity contribution in [3.05, 3.63) is 28.5 Å². The van der Waals surface area contributed by atoms with Crippen molar-refractivity contribution in [1.82, 2.24) is 0 Å². The van der Waals surface area contributed by atoms with Crippen LogP contribution in [0.5, 0.6) is 0 Å². The second kappa shape index (κ2) is 3.17. The summed E-state index contributed by atoms with van der Waals surface area (Å²) in [6.45, 7) is 3.61. The summed E-state index contributed by atoms with van der Waals surface area (Å²) in [4.78, 5) is 1.03. The van der Waals surface area contributed by atoms with Crippen molar-refractivity contribution < 1.29 is 5.21 Å². The summed E-state index contributed by atoms with van der Waals surface area (Å²) in [5, 5.41) is 13.0. The Morgan fingerprint density at radius 3 is 3.10 bits per heavy atom. The molecule has 0 radical (unpaired) electrons. The number of thiophene rings is 1. The van der Waals surface area contributed by atoms with Gasteiger partial charge in [-0.25, -0.2) is 0 Å². The zero-order valence-electron chi connectivity index (χ0n) is 5.32. The molecule has 0 spiro atoms. The highest BCUT2D eigenvalue weighted by Gasteiger charge is 1.95. The van der Waals surface area contributed by atoms with Gasteiger partial charge in [0.15, 0.2) is 0 Å². The lowest BCUT2D eigenvalue weighted by atomic mass is 10.3. The predicted octanol–water partition coefficient (Wildman–Crippen LogP) is 2.20. The molecule has 0 aliphatic heterocycles. The number of hydrogen-bond donors (Lipinski definition) is 1. The summed E-state index contributed by atoms with van der Waals surface area (Å²) < 4.78 is 0. The largest absolute Gasteiger partial charge is 0.411 e. The molecule has 1 aromatic rings. The Hall–Kier alpha value is -1.09. The van der Waals surface area contributed by atoms with Crippen LogP contribution >= 0.6 is 11.3 Å². The zero-order valence-corrected chi connectivity index (χ0v) is 6.14. The van der Waals surface area contributed by atoms with E-state index in [9.17, 15) is 0 Å². The van der Waals surface area contributed by atoms with E-state index in [4.69, 9.17) is 5.21 Å². The van der Waals surface area contributed by atoms with E-state index in [1.807, 2.05) is 11.4 Å². The standard InChI is InChI=1S/C7H7NOS/c1-2-7-6(5-8-9)3-4-10-7/h2-5,9H,1H2. The lowest BCUT2D eigenvalue weighted by Gasteiger charge is -1.85. The highest BCUT2D eigenvalue weighted by Crippen LogP contribution is 2.15. The van der Waals surface area contributed by atoms with Crippen LogP contribution < -0.4 is 0 Å². The average Bonchev–Trinajstić information content (AvgIpc) is 2.36. The topological polar surface area (TPSA) is 32.6 Å². The third-order valence-corrected chi connectivity index (χ3v) is 2.04. The molecular weight excluding hydrogens is 146 g/mol. The molecule has 52 valence electrons. The van der Waals surface area contributed by atoms with Gasteiger partial charge in [0.25, 0.3) is 0 Å². The highest BCUT2D eigenvalue weighted by atomic mass is 32.1. The molecule has 1 heterocycles. The predicted molar refractivity (Wildman–Crippen MR) is 43.8 cm³/mol. The first-order valence-electron chi connectivity index (χ1n) is 2.76.